The summed E-state index contributed by atoms with van der Waals surface area (Å²) in [5.74, 6) is 0.506. The van der Waals surface area contributed by atoms with Gasteiger partial charge in [-0.1, -0.05) is 0 Å². The lowest BCUT2D eigenvalue weighted by Crippen LogP contribution is -2.37. The topological polar surface area (TPSA) is 95.0 Å². The van der Waals surface area contributed by atoms with Gasteiger partial charge in [-0.25, -0.2) is 4.98 Å². The Morgan fingerprint density at radius 3 is 2.83 bits per heavy atom. The van der Waals surface area contributed by atoms with Crippen LogP contribution >= 0.6 is 0 Å². The predicted octanol–water partition coefficient (Wildman–Crippen LogP) is 0.498. The summed E-state index contributed by atoms with van der Waals surface area (Å²) in [6.45, 7) is 5.22. The predicted molar refractivity (Wildman–Crippen MR) is 69.9 cm³/mol. The molecule has 0 aromatic carbocycles. The SMILES string of the molecule is CCNC(=O)CN(CC)c1ccc(N)c(C#N)n1. The fourth-order valence-electron chi connectivity index (χ4n) is 1.51. The van der Waals surface area contributed by atoms with Gasteiger partial charge >= 0.3 is 0 Å². The fourth-order valence-corrected chi connectivity index (χ4v) is 1.51. The summed E-state index contributed by atoms with van der Waals surface area (Å²) in [4.78, 5) is 17.5. The van der Waals surface area contributed by atoms with Crippen molar-refractivity contribution in [1.29, 1.82) is 5.26 Å². The molecule has 0 radical (unpaired) electrons. The maximum atomic E-state index is 11.5. The molecule has 0 aliphatic carbocycles. The highest BCUT2D eigenvalue weighted by molar-refractivity contribution is 5.81. The largest absolute Gasteiger partial charge is 0.396 e. The Bertz CT molecular complexity index is 466. The van der Waals surface area contributed by atoms with E-state index in [9.17, 15) is 4.79 Å². The molecule has 0 saturated carbocycles. The van der Waals surface area contributed by atoms with Crippen molar-refractivity contribution in [3.8, 4) is 6.07 Å². The van der Waals surface area contributed by atoms with E-state index in [2.05, 4.69) is 10.3 Å². The average molecular weight is 247 g/mol. The Morgan fingerprint density at radius 2 is 2.28 bits per heavy atom. The minimum absolute atomic E-state index is 0.0727. The summed E-state index contributed by atoms with van der Waals surface area (Å²) in [6.07, 6.45) is 0. The Hall–Kier alpha value is -2.29. The first kappa shape index (κ1) is 13.8. The molecule has 1 aromatic rings. The average Bonchev–Trinajstić information content (AvgIpc) is 2.37. The minimum Gasteiger partial charge on any atom is -0.396 e. The van der Waals surface area contributed by atoms with Gasteiger partial charge in [0.15, 0.2) is 5.69 Å². The number of hydrogen-bond donors (Lipinski definition) is 2. The zero-order valence-corrected chi connectivity index (χ0v) is 10.6. The van der Waals surface area contributed by atoms with Crippen molar-refractivity contribution < 1.29 is 4.79 Å². The molecular weight excluding hydrogens is 230 g/mol. The Balaban J connectivity index is 2.89. The van der Waals surface area contributed by atoms with Crippen molar-refractivity contribution >= 4 is 17.4 Å². The number of likely N-dealkylation sites (N-methyl/N-ethyl adjacent to an activating group) is 2. The van der Waals surface area contributed by atoms with E-state index in [1.807, 2.05) is 19.9 Å². The summed E-state index contributed by atoms with van der Waals surface area (Å²) in [6, 6.07) is 5.26. The van der Waals surface area contributed by atoms with E-state index in [0.717, 1.165) is 0 Å². The lowest BCUT2D eigenvalue weighted by molar-refractivity contribution is -0.119. The molecule has 96 valence electrons. The van der Waals surface area contributed by atoms with Crippen molar-refractivity contribution in [3.63, 3.8) is 0 Å². The number of nitrogens with one attached hydrogen (secondary N) is 1. The number of nitrogens with zero attached hydrogens (tertiary/aromatic N) is 3. The fraction of sp³-hybridized carbons (Fsp3) is 0.417. The normalized spacial score (nSPS) is 9.61. The van der Waals surface area contributed by atoms with Gasteiger partial charge in [0.25, 0.3) is 0 Å². The molecule has 0 fully saturated rings. The third kappa shape index (κ3) is 3.35. The summed E-state index contributed by atoms with van der Waals surface area (Å²) < 4.78 is 0. The van der Waals surface area contributed by atoms with Gasteiger partial charge in [0, 0.05) is 13.1 Å². The van der Waals surface area contributed by atoms with Crippen LogP contribution < -0.4 is 16.0 Å². The van der Waals surface area contributed by atoms with E-state index in [0.29, 0.717) is 24.6 Å². The smallest absolute Gasteiger partial charge is 0.239 e. The molecule has 6 heteroatoms. The van der Waals surface area contributed by atoms with Crippen molar-refractivity contribution in [2.45, 2.75) is 13.8 Å². The molecule has 3 N–H and O–H groups in total. The summed E-state index contributed by atoms with van der Waals surface area (Å²) >= 11 is 0. The lowest BCUT2D eigenvalue weighted by atomic mass is 10.3. The van der Waals surface area contributed by atoms with E-state index in [-0.39, 0.29) is 18.1 Å². The summed E-state index contributed by atoms with van der Waals surface area (Å²) in [7, 11) is 0. The molecule has 1 heterocycles. The van der Waals surface area contributed by atoms with Gasteiger partial charge in [0.2, 0.25) is 5.91 Å². The number of aromatic nitrogens is 1. The van der Waals surface area contributed by atoms with E-state index in [4.69, 9.17) is 11.0 Å². The Kier molecular flexibility index (Phi) is 4.93. The lowest BCUT2D eigenvalue weighted by Gasteiger charge is -2.21. The van der Waals surface area contributed by atoms with Crippen LogP contribution in [0.5, 0.6) is 0 Å². The Morgan fingerprint density at radius 1 is 1.56 bits per heavy atom. The second kappa shape index (κ2) is 6.45. The number of carbonyl (C=O) groups excluding carboxylic acids is 1. The van der Waals surface area contributed by atoms with Crippen LogP contribution in [0.25, 0.3) is 0 Å². The van der Waals surface area contributed by atoms with Crippen LogP contribution in [-0.4, -0.2) is 30.5 Å². The maximum absolute atomic E-state index is 11.5. The van der Waals surface area contributed by atoms with Crippen molar-refractivity contribution in [2.75, 3.05) is 30.3 Å². The molecule has 0 spiro atoms. The zero-order valence-electron chi connectivity index (χ0n) is 10.6. The molecule has 1 amide bonds. The molecule has 1 aromatic heterocycles. The third-order valence-electron chi connectivity index (χ3n) is 2.43. The number of carbonyl (C=O) groups is 1. The number of anilines is 2. The Labute approximate surface area is 106 Å². The van der Waals surface area contributed by atoms with Crippen LogP contribution in [-0.2, 0) is 4.79 Å². The maximum Gasteiger partial charge on any atom is 0.239 e. The van der Waals surface area contributed by atoms with Gasteiger partial charge in [-0.3, -0.25) is 4.79 Å². The number of rotatable bonds is 5. The van der Waals surface area contributed by atoms with E-state index < -0.39 is 0 Å². The van der Waals surface area contributed by atoms with E-state index >= 15 is 0 Å². The monoisotopic (exact) mass is 247 g/mol. The highest BCUT2D eigenvalue weighted by atomic mass is 16.2. The minimum atomic E-state index is -0.0727. The van der Waals surface area contributed by atoms with Gasteiger partial charge in [-0.05, 0) is 26.0 Å². The number of nitrogen functional groups attached to an aromatic ring is 1. The van der Waals surface area contributed by atoms with E-state index in [1.165, 1.54) is 0 Å². The molecule has 0 saturated heterocycles. The van der Waals surface area contributed by atoms with Crippen LogP contribution in [0.2, 0.25) is 0 Å². The van der Waals surface area contributed by atoms with Crippen LogP contribution in [0.3, 0.4) is 0 Å². The first-order valence-electron chi connectivity index (χ1n) is 5.80. The van der Waals surface area contributed by atoms with Gasteiger partial charge < -0.3 is 16.0 Å². The number of nitriles is 1. The second-order valence-electron chi connectivity index (χ2n) is 3.69. The highest BCUT2D eigenvalue weighted by Crippen LogP contribution is 2.15. The van der Waals surface area contributed by atoms with Crippen LogP contribution in [0, 0.1) is 11.3 Å². The molecule has 0 atom stereocenters. The van der Waals surface area contributed by atoms with Gasteiger partial charge in [-0.2, -0.15) is 5.26 Å². The standard InChI is InChI=1S/C12H17N5O/c1-3-15-12(18)8-17(4-2)11-6-5-9(14)10(7-13)16-11/h5-6H,3-4,8,14H2,1-2H3,(H,15,18). The molecular formula is C12H17N5O. The summed E-state index contributed by atoms with van der Waals surface area (Å²) in [5, 5.41) is 11.6. The number of nitrogens with two attached hydrogens (primary N) is 1. The third-order valence-corrected chi connectivity index (χ3v) is 2.43. The second-order valence-corrected chi connectivity index (χ2v) is 3.69. The molecule has 0 bridgehead atoms. The number of pyridine rings is 1. The van der Waals surface area contributed by atoms with Crippen LogP contribution in [0.4, 0.5) is 11.5 Å². The molecule has 0 unspecified atom stereocenters. The molecule has 0 aliphatic heterocycles. The number of hydrogen-bond acceptors (Lipinski definition) is 5. The highest BCUT2D eigenvalue weighted by Gasteiger charge is 2.12. The first-order chi connectivity index (χ1) is 8.62. The van der Waals surface area contributed by atoms with Crippen molar-refractivity contribution in [1.82, 2.24) is 10.3 Å². The van der Waals surface area contributed by atoms with Gasteiger partial charge in [0.05, 0.1) is 12.2 Å². The number of amides is 1. The molecule has 1 rings (SSSR count). The molecule has 6 nitrogen and oxygen atoms in total. The van der Waals surface area contributed by atoms with Gasteiger partial charge in [-0.15, -0.1) is 0 Å². The quantitative estimate of drug-likeness (QED) is 0.790. The van der Waals surface area contributed by atoms with Crippen LogP contribution in [0.15, 0.2) is 12.1 Å². The van der Waals surface area contributed by atoms with Crippen molar-refractivity contribution in [2.24, 2.45) is 0 Å². The molecule has 0 aliphatic rings. The van der Waals surface area contributed by atoms with Gasteiger partial charge in [0.1, 0.15) is 11.9 Å². The van der Waals surface area contributed by atoms with Crippen LogP contribution in [0.1, 0.15) is 19.5 Å². The summed E-state index contributed by atoms with van der Waals surface area (Å²) in [5.41, 5.74) is 6.13. The first-order valence-corrected chi connectivity index (χ1v) is 5.80. The van der Waals surface area contributed by atoms with E-state index in [1.54, 1.807) is 17.0 Å². The molecule has 18 heavy (non-hydrogen) atoms. The zero-order chi connectivity index (χ0) is 13.5. The van der Waals surface area contributed by atoms with Crippen molar-refractivity contribution in [3.05, 3.63) is 17.8 Å².